The lowest BCUT2D eigenvalue weighted by Gasteiger charge is -2.20. The van der Waals surface area contributed by atoms with E-state index in [-0.39, 0.29) is 10.9 Å². The second-order valence-electron chi connectivity index (χ2n) is 2.49. The number of rotatable bonds is 0. The second kappa shape index (κ2) is 2.15. The van der Waals surface area contributed by atoms with Crippen LogP contribution < -0.4 is 0 Å². The van der Waals surface area contributed by atoms with Gasteiger partial charge >= 0.3 is 0 Å². The van der Waals surface area contributed by atoms with Crippen molar-refractivity contribution in [1.82, 2.24) is 5.06 Å². The van der Waals surface area contributed by atoms with Crippen molar-refractivity contribution in [1.29, 1.82) is 5.41 Å². The van der Waals surface area contributed by atoms with E-state index in [0.29, 0.717) is 11.1 Å². The minimum atomic E-state index is -0.643. The summed E-state index contributed by atoms with van der Waals surface area (Å²) in [5.41, 5.74) is 0.731. The Morgan fingerprint density at radius 3 is 2.42 bits per heavy atom. The summed E-state index contributed by atoms with van der Waals surface area (Å²) in [7, 11) is 0. The summed E-state index contributed by atoms with van der Waals surface area (Å²) in [6.07, 6.45) is 0. The van der Waals surface area contributed by atoms with Crippen LogP contribution in [0.15, 0.2) is 24.3 Å². The molecule has 60 valence electrons. The molecule has 0 spiro atoms. The van der Waals surface area contributed by atoms with E-state index in [4.69, 9.17) is 5.41 Å². The summed E-state index contributed by atoms with van der Waals surface area (Å²) < 4.78 is 0. The molecule has 1 aromatic carbocycles. The first-order chi connectivity index (χ1) is 5.72. The van der Waals surface area contributed by atoms with E-state index in [0.717, 1.165) is 0 Å². The molecule has 0 unspecified atom stereocenters. The molecule has 1 amide bonds. The minimum Gasteiger partial charge on any atom is -0.750 e. The lowest BCUT2D eigenvalue weighted by Crippen LogP contribution is -2.22. The first-order valence-electron chi connectivity index (χ1n) is 3.41. The Hall–Kier alpha value is -1.68. The number of carbonyl (C=O) groups is 1. The molecule has 0 fully saturated rings. The van der Waals surface area contributed by atoms with Crippen molar-refractivity contribution in [3.05, 3.63) is 40.6 Å². The SMILES string of the molecule is N=C1c2ccccc2C(=O)N1[O-]. The van der Waals surface area contributed by atoms with Gasteiger partial charge in [-0.1, -0.05) is 18.2 Å². The van der Waals surface area contributed by atoms with Crippen LogP contribution in [0.25, 0.3) is 0 Å². The molecule has 12 heavy (non-hydrogen) atoms. The Kier molecular flexibility index (Phi) is 1.25. The fourth-order valence-corrected chi connectivity index (χ4v) is 1.20. The monoisotopic (exact) mass is 161 g/mol. The molecule has 0 aromatic heterocycles. The van der Waals surface area contributed by atoms with Gasteiger partial charge in [0.25, 0.3) is 0 Å². The highest BCUT2D eigenvalue weighted by Gasteiger charge is 2.25. The number of nitrogens with one attached hydrogen (secondary N) is 1. The smallest absolute Gasteiger partial charge is 0.249 e. The van der Waals surface area contributed by atoms with Crippen LogP contribution in [0.5, 0.6) is 0 Å². The first kappa shape index (κ1) is 7.00. The Morgan fingerprint density at radius 1 is 1.25 bits per heavy atom. The van der Waals surface area contributed by atoms with Gasteiger partial charge in [0.15, 0.2) is 0 Å². The normalized spacial score (nSPS) is 15.2. The van der Waals surface area contributed by atoms with E-state index in [9.17, 15) is 10.0 Å². The highest BCUT2D eigenvalue weighted by atomic mass is 16.5. The largest absolute Gasteiger partial charge is 0.750 e. The van der Waals surface area contributed by atoms with Crippen molar-refractivity contribution in [2.24, 2.45) is 0 Å². The van der Waals surface area contributed by atoms with Crippen LogP contribution in [-0.4, -0.2) is 16.8 Å². The summed E-state index contributed by atoms with van der Waals surface area (Å²) in [5, 5.41) is 18.3. The Balaban J connectivity index is 2.67. The van der Waals surface area contributed by atoms with E-state index in [1.807, 2.05) is 0 Å². The zero-order valence-electron chi connectivity index (χ0n) is 6.07. The van der Waals surface area contributed by atoms with Crippen LogP contribution in [-0.2, 0) is 0 Å². The number of fused-ring (bicyclic) bond motifs is 1. The van der Waals surface area contributed by atoms with Gasteiger partial charge in [0.2, 0.25) is 5.91 Å². The van der Waals surface area contributed by atoms with Crippen molar-refractivity contribution >= 4 is 11.7 Å². The highest BCUT2D eigenvalue weighted by Crippen LogP contribution is 2.20. The summed E-state index contributed by atoms with van der Waals surface area (Å²) in [4.78, 5) is 11.1. The molecule has 0 aliphatic carbocycles. The minimum absolute atomic E-state index is 0.102. The van der Waals surface area contributed by atoms with E-state index >= 15 is 0 Å². The van der Waals surface area contributed by atoms with E-state index in [2.05, 4.69) is 0 Å². The molecular formula is C8H5N2O2-. The first-order valence-corrected chi connectivity index (χ1v) is 3.41. The van der Waals surface area contributed by atoms with Crippen LogP contribution in [0, 0.1) is 10.6 Å². The number of hydrogen-bond donors (Lipinski definition) is 1. The number of carbonyl (C=O) groups excluding carboxylic acids is 1. The van der Waals surface area contributed by atoms with Crippen molar-refractivity contribution in [2.45, 2.75) is 0 Å². The van der Waals surface area contributed by atoms with Gasteiger partial charge in [-0.05, 0) is 6.07 Å². The molecule has 0 radical (unpaired) electrons. The molecule has 0 saturated heterocycles. The second-order valence-corrected chi connectivity index (χ2v) is 2.49. The molecule has 1 N–H and O–H groups in total. The predicted octanol–water partition coefficient (Wildman–Crippen LogP) is 0.966. The molecule has 0 saturated carbocycles. The molecule has 4 nitrogen and oxygen atoms in total. The van der Waals surface area contributed by atoms with Gasteiger partial charge in [-0.2, -0.15) is 0 Å². The third-order valence-corrected chi connectivity index (χ3v) is 1.80. The van der Waals surface area contributed by atoms with E-state index in [1.54, 1.807) is 24.3 Å². The molecule has 1 aliphatic rings. The van der Waals surface area contributed by atoms with Crippen LogP contribution >= 0.6 is 0 Å². The molecule has 0 atom stereocenters. The lowest BCUT2D eigenvalue weighted by molar-refractivity contribution is 0.0898. The zero-order valence-corrected chi connectivity index (χ0v) is 6.07. The number of nitrogens with zero attached hydrogens (tertiary/aromatic N) is 1. The maximum absolute atomic E-state index is 11.1. The van der Waals surface area contributed by atoms with Crippen LogP contribution in [0.4, 0.5) is 0 Å². The fraction of sp³-hybridized carbons (Fsp3) is 0. The summed E-state index contributed by atoms with van der Waals surface area (Å²) >= 11 is 0. The van der Waals surface area contributed by atoms with E-state index in [1.165, 1.54) is 0 Å². The fourth-order valence-electron chi connectivity index (χ4n) is 1.20. The van der Waals surface area contributed by atoms with Gasteiger partial charge in [0, 0.05) is 5.56 Å². The maximum atomic E-state index is 11.1. The third kappa shape index (κ3) is 0.695. The van der Waals surface area contributed by atoms with Gasteiger partial charge in [0.1, 0.15) is 5.84 Å². The number of benzene rings is 1. The number of amidine groups is 1. The summed E-state index contributed by atoms with van der Waals surface area (Å²) in [6.45, 7) is 0. The van der Waals surface area contributed by atoms with Crippen LogP contribution in [0.2, 0.25) is 0 Å². The van der Waals surface area contributed by atoms with Crippen molar-refractivity contribution in [2.75, 3.05) is 0 Å². The number of hydroxylamine groups is 2. The molecule has 1 heterocycles. The quantitative estimate of drug-likeness (QED) is 0.615. The molecular weight excluding hydrogens is 156 g/mol. The van der Waals surface area contributed by atoms with Crippen LogP contribution in [0.3, 0.4) is 0 Å². The van der Waals surface area contributed by atoms with Crippen LogP contribution in [0.1, 0.15) is 15.9 Å². The zero-order chi connectivity index (χ0) is 8.72. The van der Waals surface area contributed by atoms with Gasteiger partial charge < -0.3 is 10.3 Å². The average Bonchev–Trinajstić information content (AvgIpc) is 2.33. The Morgan fingerprint density at radius 2 is 1.83 bits per heavy atom. The van der Waals surface area contributed by atoms with Gasteiger partial charge in [-0.15, -0.1) is 0 Å². The topological polar surface area (TPSA) is 67.2 Å². The highest BCUT2D eigenvalue weighted by molar-refractivity contribution is 6.22. The summed E-state index contributed by atoms with van der Waals surface area (Å²) in [5.74, 6) is -0.911. The maximum Gasteiger partial charge on any atom is 0.249 e. The molecule has 4 heteroatoms. The molecule has 1 aliphatic heterocycles. The van der Waals surface area contributed by atoms with E-state index < -0.39 is 5.91 Å². The predicted molar refractivity (Wildman–Crippen MR) is 42.8 cm³/mol. The summed E-state index contributed by atoms with van der Waals surface area (Å²) in [6, 6.07) is 6.50. The lowest BCUT2D eigenvalue weighted by atomic mass is 10.1. The Bertz CT molecular complexity index is 338. The van der Waals surface area contributed by atoms with Gasteiger partial charge in [0.05, 0.1) is 5.56 Å². The molecule has 1 aromatic rings. The van der Waals surface area contributed by atoms with Gasteiger partial charge in [-0.25, -0.2) is 0 Å². The van der Waals surface area contributed by atoms with Crippen molar-refractivity contribution in [3.63, 3.8) is 0 Å². The average molecular weight is 161 g/mol. The molecule has 0 bridgehead atoms. The Labute approximate surface area is 68.5 Å². The third-order valence-electron chi connectivity index (χ3n) is 1.80. The van der Waals surface area contributed by atoms with Crippen molar-refractivity contribution < 1.29 is 4.79 Å². The molecule has 2 rings (SSSR count). The standard InChI is InChI=1S/C8H5N2O2/c9-7-5-3-1-2-4-6(5)8(11)10(7)12/h1-4,9H/q-1. The number of amides is 1. The van der Waals surface area contributed by atoms with Gasteiger partial charge in [-0.3, -0.25) is 10.2 Å². The number of hydrogen-bond acceptors (Lipinski definition) is 3. The van der Waals surface area contributed by atoms with Crippen molar-refractivity contribution in [3.8, 4) is 0 Å².